The highest BCUT2D eigenvalue weighted by atomic mass is 14.1. The molecule has 0 fully saturated rings. The molecule has 0 saturated heterocycles. The molecule has 0 aliphatic rings. The maximum atomic E-state index is 2.35. The number of hydrogen-bond donors (Lipinski definition) is 0. The molecular formula is C32H66. The van der Waals surface area contributed by atoms with Gasteiger partial charge in [-0.05, 0) is 5.92 Å². The summed E-state index contributed by atoms with van der Waals surface area (Å²) in [5.74, 6) is 1.04. The smallest absolute Gasteiger partial charge is 0.0414 e. The lowest BCUT2D eigenvalue weighted by molar-refractivity contribution is 0.367. The van der Waals surface area contributed by atoms with Gasteiger partial charge >= 0.3 is 0 Å². The minimum atomic E-state index is 1.04. The van der Waals surface area contributed by atoms with Crippen LogP contribution in [0.2, 0.25) is 0 Å². The minimum Gasteiger partial charge on any atom is -0.0654 e. The van der Waals surface area contributed by atoms with E-state index in [2.05, 4.69) is 20.8 Å². The first-order valence-electron chi connectivity index (χ1n) is 15.8. The third kappa shape index (κ3) is 26.3. The fraction of sp³-hybridized carbons (Fsp3) is 1.00. The maximum Gasteiger partial charge on any atom is -0.0414 e. The van der Waals surface area contributed by atoms with Crippen LogP contribution in [0.1, 0.15) is 201 Å². The lowest BCUT2D eigenvalue weighted by atomic mass is 9.89. The van der Waals surface area contributed by atoms with Gasteiger partial charge in [0.25, 0.3) is 0 Å². The zero-order valence-corrected chi connectivity index (χ0v) is 23.4. The molecule has 32 heavy (non-hydrogen) atoms. The molecule has 0 N–H and O–H groups in total. The van der Waals surface area contributed by atoms with E-state index in [1.807, 2.05) is 0 Å². The molecule has 0 heterocycles. The van der Waals surface area contributed by atoms with E-state index in [0.717, 1.165) is 5.92 Å². The molecule has 0 nitrogen and oxygen atoms in total. The van der Waals surface area contributed by atoms with Crippen LogP contribution >= 0.6 is 0 Å². The summed E-state index contributed by atoms with van der Waals surface area (Å²) in [5, 5.41) is 0. The van der Waals surface area contributed by atoms with Gasteiger partial charge in [0, 0.05) is 0 Å². The fourth-order valence-electron chi connectivity index (χ4n) is 5.31. The van der Waals surface area contributed by atoms with Crippen LogP contribution < -0.4 is 0 Å². The van der Waals surface area contributed by atoms with Gasteiger partial charge in [-0.2, -0.15) is 0 Å². The summed E-state index contributed by atoms with van der Waals surface area (Å²) >= 11 is 0. The summed E-state index contributed by atoms with van der Waals surface area (Å²) in [6, 6.07) is 0. The summed E-state index contributed by atoms with van der Waals surface area (Å²) in [4.78, 5) is 0. The van der Waals surface area contributed by atoms with Crippen molar-refractivity contribution in [3.63, 3.8) is 0 Å². The van der Waals surface area contributed by atoms with E-state index >= 15 is 0 Å². The molecule has 0 spiro atoms. The summed E-state index contributed by atoms with van der Waals surface area (Å²) in [6.07, 6.45) is 41.3. The molecule has 0 aromatic carbocycles. The second-order valence-corrected chi connectivity index (χ2v) is 11.0. The van der Waals surface area contributed by atoms with E-state index in [1.165, 1.54) is 180 Å². The van der Waals surface area contributed by atoms with Crippen molar-refractivity contribution in [3.8, 4) is 0 Å². The average Bonchev–Trinajstić information content (AvgIpc) is 2.80. The third-order valence-corrected chi connectivity index (χ3v) is 7.65. The molecule has 0 bridgehead atoms. The lowest BCUT2D eigenvalue weighted by Gasteiger charge is -2.17. The van der Waals surface area contributed by atoms with Gasteiger partial charge in [0.05, 0.1) is 0 Å². The van der Waals surface area contributed by atoms with Gasteiger partial charge in [0.15, 0.2) is 0 Å². The molecule has 0 aromatic heterocycles. The molecule has 0 amide bonds. The van der Waals surface area contributed by atoms with Gasteiger partial charge < -0.3 is 0 Å². The Labute approximate surface area is 206 Å². The molecule has 1 atom stereocenters. The summed E-state index contributed by atoms with van der Waals surface area (Å²) in [7, 11) is 0. The molecule has 1 unspecified atom stereocenters. The van der Waals surface area contributed by atoms with Gasteiger partial charge in [0.2, 0.25) is 0 Å². The third-order valence-electron chi connectivity index (χ3n) is 7.65. The normalized spacial score (nSPS) is 12.5. The van der Waals surface area contributed by atoms with Crippen LogP contribution in [0.3, 0.4) is 0 Å². The van der Waals surface area contributed by atoms with Crippen LogP contribution in [0, 0.1) is 5.92 Å². The molecule has 0 heteroatoms. The van der Waals surface area contributed by atoms with Gasteiger partial charge in [-0.25, -0.2) is 0 Å². The van der Waals surface area contributed by atoms with E-state index in [9.17, 15) is 0 Å². The summed E-state index contributed by atoms with van der Waals surface area (Å²) in [6.45, 7) is 6.97. The van der Waals surface area contributed by atoms with Crippen LogP contribution in [0.15, 0.2) is 0 Å². The molecule has 0 aliphatic heterocycles. The Morgan fingerprint density at radius 1 is 0.250 bits per heavy atom. The van der Waals surface area contributed by atoms with E-state index in [1.54, 1.807) is 0 Å². The van der Waals surface area contributed by atoms with Gasteiger partial charge in [-0.3, -0.25) is 0 Å². The number of rotatable bonds is 28. The van der Waals surface area contributed by atoms with Crippen molar-refractivity contribution in [2.75, 3.05) is 0 Å². The van der Waals surface area contributed by atoms with E-state index in [0.29, 0.717) is 0 Å². The monoisotopic (exact) mass is 451 g/mol. The Morgan fingerprint density at radius 3 is 0.719 bits per heavy atom. The number of hydrogen-bond acceptors (Lipinski definition) is 0. The predicted molar refractivity (Wildman–Crippen MR) is 150 cm³/mol. The zero-order valence-electron chi connectivity index (χ0n) is 23.4. The lowest BCUT2D eigenvalue weighted by Crippen LogP contribution is -2.01. The molecular weight excluding hydrogens is 384 g/mol. The molecule has 194 valence electrons. The van der Waals surface area contributed by atoms with Crippen molar-refractivity contribution in [3.05, 3.63) is 0 Å². The van der Waals surface area contributed by atoms with E-state index in [-0.39, 0.29) is 0 Å². The van der Waals surface area contributed by atoms with Gasteiger partial charge in [-0.15, -0.1) is 0 Å². The SMILES string of the molecule is CCCCCCCCCCCCCCCCC(CCCCC)CCCCCCCCCC. The van der Waals surface area contributed by atoms with Crippen LogP contribution in [-0.4, -0.2) is 0 Å². The molecule has 0 rings (SSSR count). The molecule has 0 aliphatic carbocycles. The van der Waals surface area contributed by atoms with Crippen molar-refractivity contribution in [1.29, 1.82) is 0 Å². The Balaban J connectivity index is 3.55. The van der Waals surface area contributed by atoms with Crippen LogP contribution in [0.25, 0.3) is 0 Å². The Hall–Kier alpha value is 0. The highest BCUT2D eigenvalue weighted by Crippen LogP contribution is 2.24. The minimum absolute atomic E-state index is 1.04. The second-order valence-electron chi connectivity index (χ2n) is 11.0. The van der Waals surface area contributed by atoms with Gasteiger partial charge in [-0.1, -0.05) is 201 Å². The summed E-state index contributed by atoms with van der Waals surface area (Å²) < 4.78 is 0. The van der Waals surface area contributed by atoms with E-state index in [4.69, 9.17) is 0 Å². The zero-order chi connectivity index (χ0) is 23.4. The standard InChI is InChI=1S/C32H66/c1-4-7-10-12-14-16-17-18-19-20-21-23-25-28-31-32(29-26-9-6-3)30-27-24-22-15-13-11-8-5-2/h32H,4-31H2,1-3H3. The first-order chi connectivity index (χ1) is 15.8. The number of unbranched alkanes of at least 4 members (excludes halogenated alkanes) is 22. The van der Waals surface area contributed by atoms with Crippen molar-refractivity contribution in [1.82, 2.24) is 0 Å². The topological polar surface area (TPSA) is 0 Å². The van der Waals surface area contributed by atoms with E-state index < -0.39 is 0 Å². The quantitative estimate of drug-likeness (QED) is 0.104. The highest BCUT2D eigenvalue weighted by molar-refractivity contribution is 4.62. The maximum absolute atomic E-state index is 2.35. The predicted octanol–water partition coefficient (Wildman–Crippen LogP) is 12.6. The molecule has 0 radical (unpaired) electrons. The van der Waals surface area contributed by atoms with Crippen molar-refractivity contribution < 1.29 is 0 Å². The summed E-state index contributed by atoms with van der Waals surface area (Å²) in [5.41, 5.74) is 0. The highest BCUT2D eigenvalue weighted by Gasteiger charge is 2.08. The van der Waals surface area contributed by atoms with Crippen molar-refractivity contribution >= 4 is 0 Å². The molecule has 0 saturated carbocycles. The Morgan fingerprint density at radius 2 is 0.438 bits per heavy atom. The van der Waals surface area contributed by atoms with Crippen molar-refractivity contribution in [2.24, 2.45) is 5.92 Å². The second kappa shape index (κ2) is 29.0. The van der Waals surface area contributed by atoms with Crippen LogP contribution in [0.5, 0.6) is 0 Å². The fourth-order valence-corrected chi connectivity index (χ4v) is 5.31. The Kier molecular flexibility index (Phi) is 29.0. The first kappa shape index (κ1) is 32.0. The van der Waals surface area contributed by atoms with Crippen LogP contribution in [0.4, 0.5) is 0 Å². The first-order valence-corrected chi connectivity index (χ1v) is 15.8. The average molecular weight is 451 g/mol. The Bertz CT molecular complexity index is 307. The van der Waals surface area contributed by atoms with Crippen molar-refractivity contribution in [2.45, 2.75) is 201 Å². The largest absolute Gasteiger partial charge is 0.0654 e. The van der Waals surface area contributed by atoms with Crippen LogP contribution in [-0.2, 0) is 0 Å². The van der Waals surface area contributed by atoms with Gasteiger partial charge in [0.1, 0.15) is 0 Å². The molecule has 0 aromatic rings.